The first-order chi connectivity index (χ1) is 6.18. The van der Waals surface area contributed by atoms with Crippen molar-refractivity contribution in [2.24, 2.45) is 0 Å². The van der Waals surface area contributed by atoms with Gasteiger partial charge in [-0.2, -0.15) is 0 Å². The number of rotatable bonds is 6. The van der Waals surface area contributed by atoms with Crippen LogP contribution >= 0.6 is 11.6 Å². The Morgan fingerprint density at radius 2 is 2.15 bits per heavy atom. The second-order valence-electron chi connectivity index (χ2n) is 2.62. The molecule has 0 saturated heterocycles. The van der Waals surface area contributed by atoms with Gasteiger partial charge in [0.05, 0.1) is 0 Å². The van der Waals surface area contributed by atoms with Crippen LogP contribution in [0.2, 0.25) is 0 Å². The van der Waals surface area contributed by atoms with E-state index < -0.39 is 5.97 Å². The summed E-state index contributed by atoms with van der Waals surface area (Å²) >= 11 is 5.38. The van der Waals surface area contributed by atoms with Gasteiger partial charge in [0.1, 0.15) is 0 Å². The van der Waals surface area contributed by atoms with Crippen molar-refractivity contribution >= 4 is 17.6 Å². The van der Waals surface area contributed by atoms with Crippen LogP contribution in [0.25, 0.3) is 0 Å². The highest BCUT2D eigenvalue weighted by atomic mass is 35.5. The van der Waals surface area contributed by atoms with Crippen molar-refractivity contribution in [3.8, 4) is 0 Å². The van der Waals surface area contributed by atoms with E-state index >= 15 is 0 Å². The van der Waals surface area contributed by atoms with Crippen molar-refractivity contribution in [2.45, 2.75) is 39.0 Å². The molecule has 0 heterocycles. The van der Waals surface area contributed by atoms with Gasteiger partial charge in [-0.05, 0) is 12.8 Å². The van der Waals surface area contributed by atoms with E-state index in [4.69, 9.17) is 16.7 Å². The minimum absolute atomic E-state index is 0.198. The second-order valence-corrected chi connectivity index (χ2v) is 3.00. The molecule has 13 heavy (non-hydrogen) atoms. The lowest BCUT2D eigenvalue weighted by Crippen LogP contribution is -1.90. The fraction of sp³-hybridized carbons (Fsp3) is 0.700. The SMILES string of the molecule is C=CCCC(=O)O.CCCCCCl. The lowest BCUT2D eigenvalue weighted by molar-refractivity contribution is -0.136. The Kier molecular flexibility index (Phi) is 16.2. The lowest BCUT2D eigenvalue weighted by Gasteiger charge is -1.84. The van der Waals surface area contributed by atoms with E-state index in [-0.39, 0.29) is 6.42 Å². The van der Waals surface area contributed by atoms with Crippen LogP contribution in [0.4, 0.5) is 0 Å². The van der Waals surface area contributed by atoms with Crippen molar-refractivity contribution in [2.75, 3.05) is 5.88 Å². The molecule has 1 N–H and O–H groups in total. The third-order valence-electron chi connectivity index (χ3n) is 1.30. The summed E-state index contributed by atoms with van der Waals surface area (Å²) in [7, 11) is 0. The van der Waals surface area contributed by atoms with Gasteiger partial charge < -0.3 is 5.11 Å². The summed E-state index contributed by atoms with van der Waals surface area (Å²) < 4.78 is 0. The van der Waals surface area contributed by atoms with Crippen LogP contribution in [0.15, 0.2) is 12.7 Å². The molecule has 0 saturated carbocycles. The molecular formula is C10H19ClO2. The first-order valence-electron chi connectivity index (χ1n) is 4.57. The van der Waals surface area contributed by atoms with Crippen LogP contribution in [-0.4, -0.2) is 17.0 Å². The van der Waals surface area contributed by atoms with Crippen LogP contribution in [0.3, 0.4) is 0 Å². The number of carboxylic acid groups (broad SMARTS) is 1. The number of unbranched alkanes of at least 4 members (excludes halogenated alkanes) is 2. The van der Waals surface area contributed by atoms with Crippen LogP contribution in [0.5, 0.6) is 0 Å². The Morgan fingerprint density at radius 1 is 1.54 bits per heavy atom. The molecule has 78 valence electrons. The minimum atomic E-state index is -0.764. The Morgan fingerprint density at radius 3 is 2.31 bits per heavy atom. The molecule has 0 aliphatic carbocycles. The number of hydrogen-bond donors (Lipinski definition) is 1. The standard InChI is InChI=1S/C5H11Cl.C5H8O2/c1-2-3-4-5-6;1-2-3-4-5(6)7/h2-5H2,1H3;2H,1,3-4H2,(H,6,7). The fourth-order valence-electron chi connectivity index (χ4n) is 0.570. The number of aliphatic carboxylic acids is 1. The quantitative estimate of drug-likeness (QED) is 0.411. The van der Waals surface area contributed by atoms with Crippen molar-refractivity contribution in [3.05, 3.63) is 12.7 Å². The van der Waals surface area contributed by atoms with Crippen LogP contribution in [0, 0.1) is 0 Å². The smallest absolute Gasteiger partial charge is 0.303 e. The van der Waals surface area contributed by atoms with E-state index in [1.54, 1.807) is 6.08 Å². The maximum atomic E-state index is 9.71. The van der Waals surface area contributed by atoms with Crippen LogP contribution in [0.1, 0.15) is 39.0 Å². The predicted molar refractivity (Wildman–Crippen MR) is 57.3 cm³/mol. The molecule has 0 spiro atoms. The van der Waals surface area contributed by atoms with Gasteiger partial charge in [-0.15, -0.1) is 18.2 Å². The zero-order valence-corrected chi connectivity index (χ0v) is 9.02. The van der Waals surface area contributed by atoms with E-state index in [1.807, 2.05) is 0 Å². The van der Waals surface area contributed by atoms with E-state index in [0.29, 0.717) is 6.42 Å². The third kappa shape index (κ3) is 24.6. The van der Waals surface area contributed by atoms with Gasteiger partial charge in [-0.3, -0.25) is 4.79 Å². The highest BCUT2D eigenvalue weighted by Gasteiger charge is 1.89. The van der Waals surface area contributed by atoms with E-state index in [2.05, 4.69) is 13.5 Å². The van der Waals surface area contributed by atoms with Gasteiger partial charge in [-0.25, -0.2) is 0 Å². The summed E-state index contributed by atoms with van der Waals surface area (Å²) in [6, 6.07) is 0. The van der Waals surface area contributed by atoms with Crippen molar-refractivity contribution in [1.82, 2.24) is 0 Å². The third-order valence-corrected chi connectivity index (χ3v) is 1.57. The molecule has 2 nitrogen and oxygen atoms in total. The molecule has 3 heteroatoms. The molecule has 0 fully saturated rings. The van der Waals surface area contributed by atoms with Gasteiger partial charge in [0.25, 0.3) is 0 Å². The Balaban J connectivity index is 0. The van der Waals surface area contributed by atoms with E-state index in [9.17, 15) is 4.79 Å². The van der Waals surface area contributed by atoms with Gasteiger partial charge in [0.2, 0.25) is 0 Å². The summed E-state index contributed by atoms with van der Waals surface area (Å²) in [6.07, 6.45) is 6.08. The van der Waals surface area contributed by atoms with Crippen molar-refractivity contribution < 1.29 is 9.90 Å². The van der Waals surface area contributed by atoms with Crippen molar-refractivity contribution in [3.63, 3.8) is 0 Å². The van der Waals surface area contributed by atoms with Crippen molar-refractivity contribution in [1.29, 1.82) is 0 Å². The Labute approximate surface area is 85.6 Å². The Bertz CT molecular complexity index is 120. The zero-order chi connectivity index (χ0) is 10.5. The number of hydrogen-bond acceptors (Lipinski definition) is 1. The molecule has 0 rings (SSSR count). The average molecular weight is 207 g/mol. The zero-order valence-electron chi connectivity index (χ0n) is 8.26. The fourth-order valence-corrected chi connectivity index (χ4v) is 0.759. The van der Waals surface area contributed by atoms with Crippen LogP contribution in [-0.2, 0) is 4.79 Å². The molecule has 0 atom stereocenters. The summed E-state index contributed by atoms with van der Waals surface area (Å²) in [5, 5.41) is 8.00. The minimum Gasteiger partial charge on any atom is -0.481 e. The number of halogens is 1. The summed E-state index contributed by atoms with van der Waals surface area (Å²) in [5.74, 6) is 0.0632. The molecule has 0 aromatic heterocycles. The molecule has 0 aliphatic rings. The predicted octanol–water partition coefficient (Wildman–Crippen LogP) is 3.45. The monoisotopic (exact) mass is 206 g/mol. The van der Waals surface area contributed by atoms with Gasteiger partial charge >= 0.3 is 5.97 Å². The highest BCUT2D eigenvalue weighted by Crippen LogP contribution is 1.93. The van der Waals surface area contributed by atoms with Gasteiger partial charge in [0.15, 0.2) is 0 Å². The molecule has 0 aromatic carbocycles. The number of carboxylic acids is 1. The summed E-state index contributed by atoms with van der Waals surface area (Å²) in [4.78, 5) is 9.71. The first kappa shape index (κ1) is 15.0. The lowest BCUT2D eigenvalue weighted by atomic mass is 10.3. The summed E-state index contributed by atoms with van der Waals surface area (Å²) in [5.41, 5.74) is 0. The van der Waals surface area contributed by atoms with Gasteiger partial charge in [0, 0.05) is 12.3 Å². The summed E-state index contributed by atoms with van der Waals surface area (Å²) in [6.45, 7) is 5.54. The molecule has 0 amide bonds. The molecule has 0 radical (unpaired) electrons. The molecule has 0 aromatic rings. The number of carbonyl (C=O) groups is 1. The molecule has 0 aliphatic heterocycles. The highest BCUT2D eigenvalue weighted by molar-refractivity contribution is 6.17. The largest absolute Gasteiger partial charge is 0.481 e. The first-order valence-corrected chi connectivity index (χ1v) is 5.11. The normalized spacial score (nSPS) is 8.46. The van der Waals surface area contributed by atoms with Gasteiger partial charge in [-0.1, -0.05) is 25.8 Å². The Hall–Kier alpha value is -0.500. The maximum Gasteiger partial charge on any atom is 0.303 e. The topological polar surface area (TPSA) is 37.3 Å². The number of allylic oxidation sites excluding steroid dienone is 1. The average Bonchev–Trinajstić information content (AvgIpc) is 2.12. The second kappa shape index (κ2) is 14.0. The van der Waals surface area contributed by atoms with E-state index in [1.165, 1.54) is 19.3 Å². The van der Waals surface area contributed by atoms with E-state index in [0.717, 1.165) is 5.88 Å². The van der Waals surface area contributed by atoms with Crippen LogP contribution < -0.4 is 0 Å². The molecular weight excluding hydrogens is 188 g/mol. The number of alkyl halides is 1. The molecule has 0 unspecified atom stereocenters. The maximum absolute atomic E-state index is 9.71. The molecule has 0 bridgehead atoms.